The van der Waals surface area contributed by atoms with Gasteiger partial charge in [-0.15, -0.1) is 22.7 Å². The number of amides is 2. The highest BCUT2D eigenvalue weighted by molar-refractivity contribution is 7.09. The number of hydrogen-bond donors (Lipinski definition) is 3. The quantitative estimate of drug-likeness (QED) is 0.0506. The van der Waals surface area contributed by atoms with E-state index in [0.717, 1.165) is 55.3 Å². The monoisotopic (exact) mass is 1050 g/mol. The van der Waals surface area contributed by atoms with E-state index in [0.29, 0.717) is 41.4 Å². The van der Waals surface area contributed by atoms with Crippen molar-refractivity contribution in [2.45, 2.75) is 86.6 Å². The van der Waals surface area contributed by atoms with Crippen LogP contribution >= 0.6 is 45.3 Å². The van der Waals surface area contributed by atoms with Gasteiger partial charge >= 0.3 is 30.1 Å². The van der Waals surface area contributed by atoms with Crippen molar-refractivity contribution in [1.82, 2.24) is 9.13 Å². The molecule has 0 spiro atoms. The molecule has 8 rings (SSSR count). The first kappa shape index (κ1) is 55.5. The fraction of sp³-hybridized carbons (Fsp3) is 0.269. The Morgan fingerprint density at radius 2 is 1.17 bits per heavy atom. The number of esters is 3. The van der Waals surface area contributed by atoms with Gasteiger partial charge in [0.15, 0.2) is 11.4 Å². The molecule has 20 heteroatoms. The van der Waals surface area contributed by atoms with Crippen LogP contribution in [0.25, 0.3) is 21.8 Å². The minimum Gasteiger partial charge on any atom is -0.465 e. The Morgan fingerprint density at radius 1 is 0.653 bits per heavy atom. The summed E-state index contributed by atoms with van der Waals surface area (Å²) in [6.45, 7) is 17.8. The number of hydrogen-bond acceptors (Lipinski definition) is 16. The van der Waals surface area contributed by atoms with E-state index in [4.69, 9.17) is 24.8 Å². The third-order valence-electron chi connectivity index (χ3n) is 10.0. The third-order valence-corrected chi connectivity index (χ3v) is 13.1. The zero-order valence-corrected chi connectivity index (χ0v) is 44.6. The van der Waals surface area contributed by atoms with Crippen LogP contribution in [0, 0.1) is 20.8 Å². The normalized spacial score (nSPS) is 10.8. The summed E-state index contributed by atoms with van der Waals surface area (Å²) >= 11 is 6.10. The number of nitrogens with zero attached hydrogens (tertiary/aromatic N) is 3. The second kappa shape index (κ2) is 24.6. The van der Waals surface area contributed by atoms with Crippen LogP contribution in [0.3, 0.4) is 0 Å². The van der Waals surface area contributed by atoms with Crippen molar-refractivity contribution >= 4 is 126 Å². The number of isocyanates is 1. The average Bonchev–Trinajstić information content (AvgIpc) is 4.18. The average molecular weight is 1050 g/mol. The molecule has 2 aromatic carbocycles. The van der Waals surface area contributed by atoms with E-state index in [1.54, 1.807) is 39.5 Å². The van der Waals surface area contributed by atoms with Crippen molar-refractivity contribution in [3.8, 4) is 0 Å². The Balaban J connectivity index is 0.000000218. The first-order valence-corrected chi connectivity index (χ1v) is 25.7. The molecule has 0 unspecified atom stereocenters. The molecule has 0 fully saturated rings. The molecule has 2 amide bonds. The number of nitrogens with one attached hydrogen (secondary N) is 2. The predicted octanol–water partition coefficient (Wildman–Crippen LogP) is 12.5. The van der Waals surface area contributed by atoms with E-state index >= 15 is 0 Å². The summed E-state index contributed by atoms with van der Waals surface area (Å²) in [6, 6.07) is 15.4. The Morgan fingerprint density at radius 3 is 1.62 bits per heavy atom. The fourth-order valence-corrected chi connectivity index (χ4v) is 9.88. The van der Waals surface area contributed by atoms with E-state index in [-0.39, 0.29) is 17.8 Å². The summed E-state index contributed by atoms with van der Waals surface area (Å²) in [6.07, 6.45) is 1.83. The topological polar surface area (TPSA) is 219 Å². The van der Waals surface area contributed by atoms with Crippen molar-refractivity contribution in [1.29, 1.82) is 0 Å². The minimum atomic E-state index is -0.677. The number of nitrogens with two attached hydrogens (primary N) is 1. The van der Waals surface area contributed by atoms with Gasteiger partial charge in [-0.1, -0.05) is 23.3 Å². The van der Waals surface area contributed by atoms with Gasteiger partial charge in [0.2, 0.25) is 6.08 Å². The number of thiophene rings is 4. The van der Waals surface area contributed by atoms with E-state index in [9.17, 15) is 24.0 Å². The summed E-state index contributed by atoms with van der Waals surface area (Å²) in [5, 5.41) is 22.7. The van der Waals surface area contributed by atoms with Crippen LogP contribution in [0.5, 0.6) is 0 Å². The summed E-state index contributed by atoms with van der Waals surface area (Å²) < 4.78 is 19.6. The highest BCUT2D eigenvalue weighted by atomic mass is 32.1. The van der Waals surface area contributed by atoms with Crippen LogP contribution in [0.4, 0.5) is 27.5 Å². The molecular weight excluding hydrogens is 997 g/mol. The molecule has 0 radical (unpaired) electrons. The molecule has 0 aliphatic rings. The smallest absolute Gasteiger partial charge is 0.373 e. The summed E-state index contributed by atoms with van der Waals surface area (Å²) in [7, 11) is 1.33. The number of ether oxygens (including phenoxy) is 3. The van der Waals surface area contributed by atoms with Crippen LogP contribution in [-0.2, 0) is 41.7 Å². The molecule has 16 nitrogen and oxygen atoms in total. The van der Waals surface area contributed by atoms with Crippen LogP contribution < -0.4 is 16.4 Å². The van der Waals surface area contributed by atoms with E-state index in [1.807, 2.05) is 147 Å². The first-order chi connectivity index (χ1) is 34.1. The van der Waals surface area contributed by atoms with Gasteiger partial charge in [-0.25, -0.2) is 24.0 Å². The molecule has 4 N–H and O–H groups in total. The number of carbonyl (C=O) groups is 4. The van der Waals surface area contributed by atoms with Gasteiger partial charge in [-0.2, -0.15) is 37.3 Å². The van der Waals surface area contributed by atoms with Crippen LogP contribution in [0.1, 0.15) is 101 Å². The Bertz CT molecular complexity index is 3260. The maximum Gasteiger partial charge on any atom is 0.373 e. The number of rotatable bonds is 10. The summed E-state index contributed by atoms with van der Waals surface area (Å²) in [5.74, 6) is -1.36. The number of benzene rings is 2. The van der Waals surface area contributed by atoms with Gasteiger partial charge in [0, 0.05) is 40.0 Å². The SMILES string of the molecule is COC(=O)c1cscc1N.Cc1ccc2c(c1)c(N=C=O)c(C(=O)OC(C)(C)C)n2Cc1ccsc1.Cc1ccc2c(c1)c(NC(=O)Nc1cscc1C)c(C(=O)OC(C)(C)C)n2Cc1ccsc1.O=C=O. The lowest BCUT2D eigenvalue weighted by molar-refractivity contribution is -0.191. The molecule has 0 saturated carbocycles. The van der Waals surface area contributed by atoms with Crippen molar-refractivity contribution in [2.75, 3.05) is 23.5 Å². The van der Waals surface area contributed by atoms with Gasteiger partial charge in [0.1, 0.15) is 16.9 Å². The first-order valence-electron chi connectivity index (χ1n) is 21.9. The van der Waals surface area contributed by atoms with Gasteiger partial charge in [0.05, 0.1) is 40.8 Å². The highest BCUT2D eigenvalue weighted by Gasteiger charge is 2.30. The summed E-state index contributed by atoms with van der Waals surface area (Å²) in [5.41, 5.74) is 14.0. The summed E-state index contributed by atoms with van der Waals surface area (Å²) in [4.78, 5) is 81.3. The number of carbonyl (C=O) groups excluding carboxylic acids is 7. The Hall–Kier alpha value is -7.44. The zero-order chi connectivity index (χ0) is 52.9. The van der Waals surface area contributed by atoms with Crippen molar-refractivity contribution in [3.63, 3.8) is 0 Å². The molecule has 6 heterocycles. The van der Waals surface area contributed by atoms with Crippen molar-refractivity contribution in [3.05, 3.63) is 136 Å². The number of anilines is 3. The number of aromatic nitrogens is 2. The maximum absolute atomic E-state index is 13.4. The fourth-order valence-electron chi connectivity index (χ4n) is 7.07. The van der Waals surface area contributed by atoms with Crippen LogP contribution in [0.15, 0.2) is 96.6 Å². The molecule has 8 aromatic rings. The molecule has 0 bridgehead atoms. The molecular formula is C52H54N6O10S4. The lowest BCUT2D eigenvalue weighted by atomic mass is 10.1. The number of methoxy groups -OCH3 is 1. The molecule has 72 heavy (non-hydrogen) atoms. The molecule has 0 atom stereocenters. The van der Waals surface area contributed by atoms with Gasteiger partial charge in [-0.05, 0) is 142 Å². The number of aryl methyl sites for hydroxylation is 3. The maximum atomic E-state index is 13.4. The van der Waals surface area contributed by atoms with E-state index in [2.05, 4.69) is 25.7 Å². The number of fused-ring (bicyclic) bond motifs is 2. The predicted molar refractivity (Wildman–Crippen MR) is 285 cm³/mol. The Kier molecular flexibility index (Phi) is 19.0. The second-order valence-corrected chi connectivity index (χ2v) is 21.0. The van der Waals surface area contributed by atoms with Gasteiger partial charge < -0.3 is 39.7 Å². The van der Waals surface area contributed by atoms with Crippen molar-refractivity contribution < 1.29 is 47.8 Å². The molecule has 376 valence electrons. The van der Waals surface area contributed by atoms with E-state index in [1.165, 1.54) is 29.8 Å². The molecule has 6 aromatic heterocycles. The second-order valence-electron chi connectivity index (χ2n) is 18.0. The number of urea groups is 1. The lowest BCUT2D eigenvalue weighted by Gasteiger charge is -2.21. The number of aliphatic imine (C=N–C) groups is 1. The van der Waals surface area contributed by atoms with E-state index < -0.39 is 29.2 Å². The molecule has 0 saturated heterocycles. The molecule has 0 aliphatic carbocycles. The molecule has 0 aliphatic heterocycles. The number of nitrogen functional groups attached to an aromatic ring is 1. The van der Waals surface area contributed by atoms with Crippen molar-refractivity contribution in [2.24, 2.45) is 4.99 Å². The Labute approximate surface area is 432 Å². The zero-order valence-electron chi connectivity index (χ0n) is 41.3. The highest BCUT2D eigenvalue weighted by Crippen LogP contribution is 2.37. The lowest BCUT2D eigenvalue weighted by Crippen LogP contribution is -2.27. The largest absolute Gasteiger partial charge is 0.465 e. The third kappa shape index (κ3) is 14.6. The van der Waals surface area contributed by atoms with Crippen LogP contribution in [0.2, 0.25) is 0 Å². The minimum absolute atomic E-state index is 0.250. The standard InChI is InChI=1S/C25H27N3O3S2.C20H20N2O3S.C6H7NO2S.CO2/c1-15-6-7-20-18(10-15)21(27-24(30)26-19-14-33-12-16(19)2)22(23(29)31-25(3,4)5)28(20)11-17-8-9-32-13-17;1-13-5-6-16-15(9-13)17(21-12-23)18(19(24)25-20(2,3)4)22(16)10-14-7-8-26-11-14;1-9-6(8)4-2-10-3-5(4)7;2-1-3/h6-10,12-14H,11H2,1-5H3,(H2,26,27,30);5-9,11H,10H2,1-4H3;2-3H,7H2,1H3;. The van der Waals surface area contributed by atoms with Gasteiger partial charge in [-0.3, -0.25) is 0 Å². The van der Waals surface area contributed by atoms with Crippen LogP contribution in [-0.4, -0.2) is 63.6 Å². The van der Waals surface area contributed by atoms with Gasteiger partial charge in [0.25, 0.3) is 0 Å².